The van der Waals surface area contributed by atoms with E-state index in [9.17, 15) is 14.4 Å². The first-order valence-corrected chi connectivity index (χ1v) is 11.3. The maximum atomic E-state index is 13.2. The zero-order chi connectivity index (χ0) is 21.1. The largest absolute Gasteiger partial charge is 0.340 e. The van der Waals surface area contributed by atoms with Crippen molar-refractivity contribution in [2.75, 3.05) is 25.0 Å². The van der Waals surface area contributed by atoms with Crippen LogP contribution in [-0.4, -0.2) is 58.2 Å². The first kappa shape index (κ1) is 20.5. The molecule has 2 aromatic rings. The molecule has 0 aromatic carbocycles. The van der Waals surface area contributed by atoms with Crippen molar-refractivity contribution in [2.24, 2.45) is 5.92 Å². The number of piperidine rings is 1. The van der Waals surface area contributed by atoms with Crippen LogP contribution < -0.4 is 5.32 Å². The molecule has 0 spiro atoms. The summed E-state index contributed by atoms with van der Waals surface area (Å²) in [6, 6.07) is 6.90. The predicted molar refractivity (Wildman–Crippen MR) is 115 cm³/mol. The van der Waals surface area contributed by atoms with Crippen LogP contribution in [-0.2, 0) is 9.59 Å². The van der Waals surface area contributed by atoms with Gasteiger partial charge in [-0.25, -0.2) is 4.98 Å². The van der Waals surface area contributed by atoms with Crippen LogP contribution in [0.25, 0.3) is 0 Å². The number of hydrogen-bond acceptors (Lipinski definition) is 5. The summed E-state index contributed by atoms with van der Waals surface area (Å²) in [5.74, 6) is 0.0361. The molecule has 158 valence electrons. The lowest BCUT2D eigenvalue weighted by atomic mass is 9.96. The maximum Gasteiger partial charge on any atom is 0.264 e. The highest BCUT2D eigenvalue weighted by atomic mass is 32.1. The van der Waals surface area contributed by atoms with Gasteiger partial charge in [-0.1, -0.05) is 12.1 Å². The highest BCUT2D eigenvalue weighted by Crippen LogP contribution is 2.26. The van der Waals surface area contributed by atoms with Gasteiger partial charge < -0.3 is 15.1 Å². The molecule has 0 radical (unpaired) electrons. The van der Waals surface area contributed by atoms with Crippen LogP contribution in [0.4, 0.5) is 5.82 Å². The molecule has 2 aliphatic heterocycles. The number of thiophene rings is 1. The minimum Gasteiger partial charge on any atom is -0.340 e. The number of aromatic nitrogens is 1. The van der Waals surface area contributed by atoms with Gasteiger partial charge in [-0.2, -0.15) is 0 Å². The summed E-state index contributed by atoms with van der Waals surface area (Å²) in [5.41, 5.74) is 1.03. The Morgan fingerprint density at radius 1 is 1.13 bits per heavy atom. The van der Waals surface area contributed by atoms with E-state index in [1.54, 1.807) is 28.1 Å². The van der Waals surface area contributed by atoms with Crippen molar-refractivity contribution < 1.29 is 14.4 Å². The van der Waals surface area contributed by atoms with Gasteiger partial charge in [0.15, 0.2) is 0 Å². The molecule has 1 N–H and O–H groups in total. The second-order valence-corrected chi connectivity index (χ2v) is 8.92. The Bertz CT molecular complexity index is 913. The molecule has 0 saturated carbocycles. The number of nitrogens with zero attached hydrogens (tertiary/aromatic N) is 3. The fourth-order valence-corrected chi connectivity index (χ4v) is 4.86. The lowest BCUT2D eigenvalue weighted by Gasteiger charge is -2.35. The number of carbonyl (C=O) groups excluding carboxylic acids is 3. The quantitative estimate of drug-likeness (QED) is 0.815. The third-order valence-electron chi connectivity index (χ3n) is 5.80. The van der Waals surface area contributed by atoms with Gasteiger partial charge in [0.1, 0.15) is 11.9 Å². The first-order valence-electron chi connectivity index (χ1n) is 10.4. The van der Waals surface area contributed by atoms with E-state index in [1.165, 1.54) is 11.3 Å². The molecular formula is C22H26N4O3S. The molecular weight excluding hydrogens is 400 g/mol. The zero-order valence-electron chi connectivity index (χ0n) is 17.0. The summed E-state index contributed by atoms with van der Waals surface area (Å²) in [7, 11) is 0. The average Bonchev–Trinajstić information content (AvgIpc) is 3.47. The van der Waals surface area contributed by atoms with Crippen molar-refractivity contribution in [2.45, 2.75) is 38.6 Å². The predicted octanol–water partition coefficient (Wildman–Crippen LogP) is 2.93. The summed E-state index contributed by atoms with van der Waals surface area (Å²) in [5, 5.41) is 4.73. The molecule has 4 heterocycles. The number of aryl methyl sites for hydroxylation is 1. The minimum absolute atomic E-state index is 0.0385. The SMILES string of the molecule is Cc1ccc(NC(=O)C2CCCN(C(=O)[C@@H]3CCCN3C(=O)c3cccs3)C2)nc1. The van der Waals surface area contributed by atoms with E-state index in [1.807, 2.05) is 24.4 Å². The van der Waals surface area contributed by atoms with Crippen molar-refractivity contribution in [1.82, 2.24) is 14.8 Å². The van der Waals surface area contributed by atoms with Crippen molar-refractivity contribution in [1.29, 1.82) is 0 Å². The molecule has 3 amide bonds. The first-order chi connectivity index (χ1) is 14.5. The van der Waals surface area contributed by atoms with Crippen molar-refractivity contribution in [3.8, 4) is 0 Å². The number of likely N-dealkylation sites (tertiary alicyclic amines) is 2. The number of pyridine rings is 1. The van der Waals surface area contributed by atoms with E-state index < -0.39 is 6.04 Å². The van der Waals surface area contributed by atoms with Gasteiger partial charge in [0.2, 0.25) is 11.8 Å². The number of amides is 3. The van der Waals surface area contributed by atoms with Gasteiger partial charge in [0.05, 0.1) is 10.8 Å². The van der Waals surface area contributed by atoms with Crippen LogP contribution in [0.15, 0.2) is 35.8 Å². The zero-order valence-corrected chi connectivity index (χ0v) is 17.9. The van der Waals surface area contributed by atoms with E-state index in [0.717, 1.165) is 24.8 Å². The smallest absolute Gasteiger partial charge is 0.264 e. The summed E-state index contributed by atoms with van der Waals surface area (Å²) >= 11 is 1.40. The standard InChI is InChI=1S/C22H26N4O3S/c1-15-8-9-19(23-13-15)24-20(27)16-5-2-10-25(14-16)21(28)17-6-3-11-26(17)22(29)18-7-4-12-30-18/h4,7-9,12-13,16-17H,2-3,5-6,10-11,14H2,1H3,(H,23,24,27)/t16?,17-/m0/s1. The molecule has 2 aliphatic rings. The minimum atomic E-state index is -0.430. The number of carbonyl (C=O) groups is 3. The van der Waals surface area contributed by atoms with Crippen LogP contribution >= 0.6 is 11.3 Å². The van der Waals surface area contributed by atoms with Gasteiger partial charge in [-0.15, -0.1) is 11.3 Å². The fraction of sp³-hybridized carbons (Fsp3) is 0.455. The Morgan fingerprint density at radius 3 is 2.70 bits per heavy atom. The molecule has 4 rings (SSSR count). The van der Waals surface area contributed by atoms with Crippen LogP contribution in [0.1, 0.15) is 40.9 Å². The summed E-state index contributed by atoms with van der Waals surface area (Å²) in [6.45, 7) is 3.56. The van der Waals surface area contributed by atoms with Crippen molar-refractivity contribution >= 4 is 34.9 Å². The lowest BCUT2D eigenvalue weighted by molar-refractivity contribution is -0.138. The van der Waals surface area contributed by atoms with E-state index in [2.05, 4.69) is 10.3 Å². The van der Waals surface area contributed by atoms with Gasteiger partial charge in [-0.3, -0.25) is 14.4 Å². The second-order valence-electron chi connectivity index (χ2n) is 7.97. The van der Waals surface area contributed by atoms with E-state index >= 15 is 0 Å². The molecule has 2 saturated heterocycles. The Balaban J connectivity index is 1.39. The van der Waals surface area contributed by atoms with Crippen LogP contribution in [0, 0.1) is 12.8 Å². The highest BCUT2D eigenvalue weighted by Gasteiger charge is 2.39. The number of hydrogen-bond donors (Lipinski definition) is 1. The van der Waals surface area contributed by atoms with Crippen molar-refractivity contribution in [3.63, 3.8) is 0 Å². The highest BCUT2D eigenvalue weighted by molar-refractivity contribution is 7.12. The van der Waals surface area contributed by atoms with Crippen LogP contribution in [0.3, 0.4) is 0 Å². The van der Waals surface area contributed by atoms with E-state index in [-0.39, 0.29) is 23.6 Å². The molecule has 2 fully saturated rings. The summed E-state index contributed by atoms with van der Waals surface area (Å²) < 4.78 is 0. The second kappa shape index (κ2) is 8.95. The molecule has 0 bridgehead atoms. The average molecular weight is 427 g/mol. The monoisotopic (exact) mass is 426 g/mol. The summed E-state index contributed by atoms with van der Waals surface area (Å²) in [4.78, 5) is 47.1. The molecule has 1 unspecified atom stereocenters. The van der Waals surface area contributed by atoms with E-state index in [0.29, 0.717) is 36.8 Å². The van der Waals surface area contributed by atoms with Gasteiger partial charge >= 0.3 is 0 Å². The molecule has 2 atom stereocenters. The third-order valence-corrected chi connectivity index (χ3v) is 6.66. The number of nitrogens with one attached hydrogen (secondary N) is 1. The number of rotatable bonds is 4. The van der Waals surface area contributed by atoms with Gasteiger partial charge in [-0.05, 0) is 55.7 Å². The van der Waals surface area contributed by atoms with Crippen molar-refractivity contribution in [3.05, 3.63) is 46.3 Å². The Kier molecular flexibility index (Phi) is 6.13. The third kappa shape index (κ3) is 4.38. The fourth-order valence-electron chi connectivity index (χ4n) is 4.18. The topological polar surface area (TPSA) is 82.6 Å². The molecule has 0 aliphatic carbocycles. The van der Waals surface area contributed by atoms with Gasteiger partial charge in [0.25, 0.3) is 5.91 Å². The lowest BCUT2D eigenvalue weighted by Crippen LogP contribution is -2.51. The van der Waals surface area contributed by atoms with Crippen LogP contribution in [0.5, 0.6) is 0 Å². The summed E-state index contributed by atoms with van der Waals surface area (Å²) in [6.07, 6.45) is 4.73. The maximum absolute atomic E-state index is 13.2. The number of anilines is 1. The molecule has 7 nitrogen and oxygen atoms in total. The Morgan fingerprint density at radius 2 is 1.97 bits per heavy atom. The van der Waals surface area contributed by atoms with Gasteiger partial charge in [0, 0.05) is 25.8 Å². The molecule has 2 aromatic heterocycles. The molecule has 30 heavy (non-hydrogen) atoms. The van der Waals surface area contributed by atoms with Crippen LogP contribution in [0.2, 0.25) is 0 Å². The Hall–Kier alpha value is -2.74. The van der Waals surface area contributed by atoms with E-state index in [4.69, 9.17) is 0 Å². The Labute approximate surface area is 180 Å². The normalized spacial score (nSPS) is 21.5. The molecule has 8 heteroatoms.